The molecule has 0 fully saturated rings. The molecule has 0 aliphatic carbocycles. The Morgan fingerprint density at radius 1 is 1.50 bits per heavy atom. The third kappa shape index (κ3) is 1.82. The fraction of sp³-hybridized carbons (Fsp3) is 0.455. The predicted octanol–water partition coefficient (Wildman–Crippen LogP) is 1.66. The Hall–Kier alpha value is -1.36. The zero-order valence-corrected chi connectivity index (χ0v) is 8.78. The molecule has 16 heavy (non-hydrogen) atoms. The summed E-state index contributed by atoms with van der Waals surface area (Å²) >= 11 is 0. The Kier molecular flexibility index (Phi) is 2.96. The Morgan fingerprint density at radius 3 is 2.88 bits per heavy atom. The van der Waals surface area contributed by atoms with Gasteiger partial charge in [0.1, 0.15) is 11.8 Å². The van der Waals surface area contributed by atoms with Crippen LogP contribution in [0.4, 0.5) is 14.5 Å². The standard InChI is InChI=1S/C11H13F2NO2/c1-16-9-4-2-3-7-6(9)5-8(15)10(14-7)11(12)13/h2-4,8,10-11,14-15H,5H2,1H3. The molecule has 2 unspecified atom stereocenters. The van der Waals surface area contributed by atoms with Gasteiger partial charge in [-0.15, -0.1) is 0 Å². The van der Waals surface area contributed by atoms with Crippen molar-refractivity contribution in [2.24, 2.45) is 0 Å². The first-order valence-corrected chi connectivity index (χ1v) is 5.02. The van der Waals surface area contributed by atoms with Crippen molar-refractivity contribution in [1.82, 2.24) is 0 Å². The van der Waals surface area contributed by atoms with Gasteiger partial charge in [-0.2, -0.15) is 0 Å². The van der Waals surface area contributed by atoms with E-state index in [1.54, 1.807) is 18.2 Å². The number of hydrogen-bond acceptors (Lipinski definition) is 3. The van der Waals surface area contributed by atoms with Crippen LogP contribution < -0.4 is 10.1 Å². The Bertz CT molecular complexity index is 384. The molecular formula is C11H13F2NO2. The molecule has 0 radical (unpaired) electrons. The molecule has 1 aromatic carbocycles. The maximum atomic E-state index is 12.6. The van der Waals surface area contributed by atoms with Crippen LogP contribution in [-0.2, 0) is 6.42 Å². The number of halogens is 2. The van der Waals surface area contributed by atoms with Gasteiger partial charge in [0.2, 0.25) is 0 Å². The molecule has 88 valence electrons. The van der Waals surface area contributed by atoms with Gasteiger partial charge in [0.05, 0.1) is 13.2 Å². The van der Waals surface area contributed by atoms with E-state index in [0.717, 1.165) is 5.56 Å². The van der Waals surface area contributed by atoms with Gasteiger partial charge in [-0.05, 0) is 12.1 Å². The molecule has 3 nitrogen and oxygen atoms in total. The average Bonchev–Trinajstić information content (AvgIpc) is 2.27. The first-order valence-electron chi connectivity index (χ1n) is 5.02. The maximum absolute atomic E-state index is 12.6. The quantitative estimate of drug-likeness (QED) is 0.810. The van der Waals surface area contributed by atoms with E-state index in [1.807, 2.05) is 0 Å². The summed E-state index contributed by atoms with van der Waals surface area (Å²) < 4.78 is 30.3. The van der Waals surface area contributed by atoms with Gasteiger partial charge in [0, 0.05) is 17.7 Å². The van der Waals surface area contributed by atoms with Crippen LogP contribution in [0.2, 0.25) is 0 Å². The molecule has 0 saturated heterocycles. The molecule has 2 atom stereocenters. The smallest absolute Gasteiger partial charge is 0.260 e. The Labute approximate surface area is 92.0 Å². The zero-order valence-electron chi connectivity index (χ0n) is 8.78. The lowest BCUT2D eigenvalue weighted by Gasteiger charge is -2.31. The number of anilines is 1. The number of hydrogen-bond donors (Lipinski definition) is 2. The average molecular weight is 229 g/mol. The fourth-order valence-corrected chi connectivity index (χ4v) is 1.95. The summed E-state index contributed by atoms with van der Waals surface area (Å²) in [5.41, 5.74) is 1.35. The molecule has 1 heterocycles. The Balaban J connectivity index is 2.34. The third-order valence-corrected chi connectivity index (χ3v) is 2.77. The van der Waals surface area contributed by atoms with Crippen molar-refractivity contribution in [3.05, 3.63) is 23.8 Å². The van der Waals surface area contributed by atoms with Crippen molar-refractivity contribution in [3.63, 3.8) is 0 Å². The largest absolute Gasteiger partial charge is 0.496 e. The van der Waals surface area contributed by atoms with Crippen molar-refractivity contribution >= 4 is 5.69 Å². The lowest BCUT2D eigenvalue weighted by molar-refractivity contribution is 0.0423. The number of nitrogens with one attached hydrogen (secondary N) is 1. The Morgan fingerprint density at radius 2 is 2.25 bits per heavy atom. The van der Waals surface area contributed by atoms with Gasteiger partial charge in [-0.3, -0.25) is 0 Å². The summed E-state index contributed by atoms with van der Waals surface area (Å²) in [4.78, 5) is 0. The number of methoxy groups -OCH3 is 1. The molecule has 0 aromatic heterocycles. The molecule has 2 N–H and O–H groups in total. The molecule has 5 heteroatoms. The zero-order chi connectivity index (χ0) is 11.7. The highest BCUT2D eigenvalue weighted by molar-refractivity contribution is 5.60. The fourth-order valence-electron chi connectivity index (χ4n) is 1.95. The van der Waals surface area contributed by atoms with Crippen LogP contribution in [0.1, 0.15) is 5.56 Å². The van der Waals surface area contributed by atoms with Gasteiger partial charge in [-0.1, -0.05) is 6.07 Å². The van der Waals surface area contributed by atoms with Crippen LogP contribution in [0.25, 0.3) is 0 Å². The summed E-state index contributed by atoms with van der Waals surface area (Å²) in [7, 11) is 1.52. The van der Waals surface area contributed by atoms with Gasteiger partial charge < -0.3 is 15.2 Å². The second kappa shape index (κ2) is 4.25. The van der Waals surface area contributed by atoms with E-state index in [0.29, 0.717) is 11.4 Å². The number of rotatable bonds is 2. The van der Waals surface area contributed by atoms with E-state index in [1.165, 1.54) is 7.11 Å². The van der Waals surface area contributed by atoms with Gasteiger partial charge >= 0.3 is 0 Å². The lowest BCUT2D eigenvalue weighted by Crippen LogP contribution is -2.44. The van der Waals surface area contributed by atoms with E-state index >= 15 is 0 Å². The number of ether oxygens (including phenoxy) is 1. The summed E-state index contributed by atoms with van der Waals surface area (Å²) in [5.74, 6) is 0.608. The second-order valence-electron chi connectivity index (χ2n) is 3.76. The molecule has 2 rings (SSSR count). The van der Waals surface area contributed by atoms with Crippen molar-refractivity contribution in [2.45, 2.75) is 25.0 Å². The highest BCUT2D eigenvalue weighted by Crippen LogP contribution is 2.33. The molecule has 1 aliphatic heterocycles. The number of aliphatic hydroxyl groups is 1. The van der Waals surface area contributed by atoms with Crippen LogP contribution in [0.5, 0.6) is 5.75 Å². The monoisotopic (exact) mass is 229 g/mol. The van der Waals surface area contributed by atoms with Crippen LogP contribution in [0.15, 0.2) is 18.2 Å². The summed E-state index contributed by atoms with van der Waals surface area (Å²) in [6.07, 6.45) is -3.50. The number of alkyl halides is 2. The van der Waals surface area contributed by atoms with E-state index in [4.69, 9.17) is 4.74 Å². The molecule has 0 spiro atoms. The number of benzene rings is 1. The number of aliphatic hydroxyl groups excluding tert-OH is 1. The number of fused-ring (bicyclic) bond motifs is 1. The normalized spacial score (nSPS) is 23.8. The molecule has 1 aliphatic rings. The minimum Gasteiger partial charge on any atom is -0.496 e. The minimum absolute atomic E-state index is 0.182. The first kappa shape index (κ1) is 11.1. The maximum Gasteiger partial charge on any atom is 0.260 e. The molecule has 1 aromatic rings. The van der Waals surface area contributed by atoms with E-state index < -0.39 is 18.6 Å². The minimum atomic E-state index is -2.59. The second-order valence-corrected chi connectivity index (χ2v) is 3.76. The van der Waals surface area contributed by atoms with Crippen LogP contribution in [0, 0.1) is 0 Å². The van der Waals surface area contributed by atoms with Gasteiger partial charge in [-0.25, -0.2) is 8.78 Å². The summed E-state index contributed by atoms with van der Waals surface area (Å²) in [6.45, 7) is 0. The molecular weight excluding hydrogens is 216 g/mol. The summed E-state index contributed by atoms with van der Waals surface area (Å²) in [6, 6.07) is 3.97. The molecule has 0 bridgehead atoms. The van der Waals surface area contributed by atoms with E-state index in [9.17, 15) is 13.9 Å². The molecule has 0 amide bonds. The lowest BCUT2D eigenvalue weighted by atomic mass is 9.95. The van der Waals surface area contributed by atoms with Gasteiger partial charge in [0.25, 0.3) is 6.43 Å². The van der Waals surface area contributed by atoms with Crippen LogP contribution >= 0.6 is 0 Å². The summed E-state index contributed by atoms with van der Waals surface area (Å²) in [5, 5.41) is 12.2. The van der Waals surface area contributed by atoms with E-state index in [2.05, 4.69) is 5.32 Å². The first-order chi connectivity index (χ1) is 7.63. The highest BCUT2D eigenvalue weighted by atomic mass is 19.3. The SMILES string of the molecule is COc1cccc2c1CC(O)C(C(F)F)N2. The van der Waals surface area contributed by atoms with E-state index in [-0.39, 0.29) is 6.42 Å². The van der Waals surface area contributed by atoms with Crippen molar-refractivity contribution in [1.29, 1.82) is 0 Å². The predicted molar refractivity (Wildman–Crippen MR) is 56.1 cm³/mol. The van der Waals surface area contributed by atoms with Crippen LogP contribution in [-0.4, -0.2) is 30.8 Å². The van der Waals surface area contributed by atoms with Crippen molar-refractivity contribution in [3.8, 4) is 5.75 Å². The van der Waals surface area contributed by atoms with Gasteiger partial charge in [0.15, 0.2) is 0 Å². The topological polar surface area (TPSA) is 41.5 Å². The van der Waals surface area contributed by atoms with Crippen molar-refractivity contribution < 1.29 is 18.6 Å². The highest BCUT2D eigenvalue weighted by Gasteiger charge is 2.34. The van der Waals surface area contributed by atoms with Crippen LogP contribution in [0.3, 0.4) is 0 Å². The third-order valence-electron chi connectivity index (χ3n) is 2.77. The molecule has 0 saturated carbocycles. The van der Waals surface area contributed by atoms with Crippen molar-refractivity contribution in [2.75, 3.05) is 12.4 Å².